The highest BCUT2D eigenvalue weighted by Gasteiger charge is 2.26. The van der Waals surface area contributed by atoms with Gasteiger partial charge in [-0.25, -0.2) is 4.98 Å². The molecule has 2 heterocycles. The van der Waals surface area contributed by atoms with Gasteiger partial charge in [-0.05, 0) is 19.4 Å². The van der Waals surface area contributed by atoms with Gasteiger partial charge in [0.25, 0.3) is 0 Å². The molecule has 0 aliphatic carbocycles. The molecular weight excluding hydrogens is 272 g/mol. The Kier molecular flexibility index (Phi) is 5.55. The highest BCUT2D eigenvalue weighted by Crippen LogP contribution is 2.30. The van der Waals surface area contributed by atoms with Gasteiger partial charge in [0.1, 0.15) is 11.1 Å². The van der Waals surface area contributed by atoms with Crippen LogP contribution in [0.2, 0.25) is 0 Å². The molecule has 0 radical (unpaired) electrons. The number of unbranched alkanes of at least 4 members (excludes halogenated alkanes) is 1. The Morgan fingerprint density at radius 3 is 2.90 bits per heavy atom. The van der Waals surface area contributed by atoms with E-state index in [1.165, 1.54) is 0 Å². The maximum atomic E-state index is 8.85. The van der Waals surface area contributed by atoms with Crippen LogP contribution < -0.4 is 0 Å². The van der Waals surface area contributed by atoms with Crippen LogP contribution >= 0.6 is 11.3 Å². The zero-order valence-corrected chi connectivity index (χ0v) is 13.6. The first-order valence-corrected chi connectivity index (χ1v) is 8.29. The van der Waals surface area contributed by atoms with Crippen molar-refractivity contribution in [2.24, 2.45) is 0 Å². The first-order valence-electron chi connectivity index (χ1n) is 7.41. The Hall–Kier alpha value is -0.490. The molecule has 1 aliphatic heterocycles. The van der Waals surface area contributed by atoms with Crippen molar-refractivity contribution >= 4 is 11.3 Å². The molecule has 1 N–H and O–H groups in total. The maximum absolute atomic E-state index is 8.85. The van der Waals surface area contributed by atoms with E-state index in [9.17, 15) is 0 Å². The number of nitrogens with zero attached hydrogens (tertiary/aromatic N) is 2. The highest BCUT2D eigenvalue weighted by atomic mass is 32.1. The van der Waals surface area contributed by atoms with Gasteiger partial charge in [-0.15, -0.1) is 11.3 Å². The Morgan fingerprint density at radius 1 is 1.45 bits per heavy atom. The van der Waals surface area contributed by atoms with E-state index in [0.29, 0.717) is 0 Å². The third kappa shape index (κ3) is 4.25. The van der Waals surface area contributed by atoms with Gasteiger partial charge in [0.05, 0.1) is 12.3 Å². The molecule has 1 saturated heterocycles. The predicted octanol–water partition coefficient (Wildman–Crippen LogP) is 2.59. The molecule has 0 aromatic carbocycles. The Labute approximate surface area is 125 Å². The topological polar surface area (TPSA) is 45.6 Å². The van der Waals surface area contributed by atoms with Gasteiger partial charge in [0.15, 0.2) is 0 Å². The minimum atomic E-state index is 0.101. The molecular formula is C15H26N2O2S. The van der Waals surface area contributed by atoms with E-state index in [1.807, 2.05) is 0 Å². The van der Waals surface area contributed by atoms with Crippen molar-refractivity contribution in [2.75, 3.05) is 32.8 Å². The summed E-state index contributed by atoms with van der Waals surface area (Å²) in [5.74, 6) is 0. The molecule has 114 valence electrons. The smallest absolute Gasteiger partial charge is 0.123 e. The summed E-state index contributed by atoms with van der Waals surface area (Å²) in [7, 11) is 0. The molecule has 4 nitrogen and oxygen atoms in total. The molecule has 0 saturated carbocycles. The van der Waals surface area contributed by atoms with E-state index in [-0.39, 0.29) is 18.1 Å². The second-order valence-corrected chi connectivity index (χ2v) is 7.30. The number of hydrogen-bond acceptors (Lipinski definition) is 5. The average molecular weight is 298 g/mol. The Balaban J connectivity index is 1.93. The van der Waals surface area contributed by atoms with Crippen LogP contribution in [-0.2, 0) is 10.2 Å². The van der Waals surface area contributed by atoms with Crippen LogP contribution in [0.3, 0.4) is 0 Å². The molecule has 0 spiro atoms. The SMILES string of the molecule is CC(C)(C)c1csc(C2CN(CCCCO)CCO2)n1. The number of rotatable bonds is 5. The lowest BCUT2D eigenvalue weighted by molar-refractivity contribution is -0.0307. The van der Waals surface area contributed by atoms with Crippen molar-refractivity contribution in [1.29, 1.82) is 0 Å². The molecule has 1 fully saturated rings. The lowest BCUT2D eigenvalue weighted by Gasteiger charge is -2.31. The summed E-state index contributed by atoms with van der Waals surface area (Å²) in [6.45, 7) is 10.6. The summed E-state index contributed by atoms with van der Waals surface area (Å²) in [6.07, 6.45) is 2.04. The van der Waals surface area contributed by atoms with E-state index >= 15 is 0 Å². The largest absolute Gasteiger partial charge is 0.396 e. The van der Waals surface area contributed by atoms with Gasteiger partial charge in [-0.1, -0.05) is 20.8 Å². The van der Waals surface area contributed by atoms with Crippen molar-refractivity contribution in [1.82, 2.24) is 9.88 Å². The molecule has 1 aliphatic rings. The van der Waals surface area contributed by atoms with Crippen molar-refractivity contribution in [3.05, 3.63) is 16.1 Å². The average Bonchev–Trinajstić information content (AvgIpc) is 2.89. The lowest BCUT2D eigenvalue weighted by atomic mass is 9.93. The normalized spacial score (nSPS) is 21.3. The molecule has 0 bridgehead atoms. The van der Waals surface area contributed by atoms with Crippen LogP contribution in [0.5, 0.6) is 0 Å². The second kappa shape index (κ2) is 6.98. The van der Waals surface area contributed by atoms with Crippen molar-refractivity contribution < 1.29 is 9.84 Å². The van der Waals surface area contributed by atoms with Gasteiger partial charge in [0.2, 0.25) is 0 Å². The predicted molar refractivity (Wildman–Crippen MR) is 82.3 cm³/mol. The van der Waals surface area contributed by atoms with Crippen LogP contribution in [0.4, 0.5) is 0 Å². The number of aromatic nitrogens is 1. The molecule has 20 heavy (non-hydrogen) atoms. The number of aliphatic hydroxyl groups excluding tert-OH is 1. The van der Waals surface area contributed by atoms with Crippen LogP contribution in [0.25, 0.3) is 0 Å². The first-order chi connectivity index (χ1) is 9.50. The standard InChI is InChI=1S/C15H26N2O2S/c1-15(2,3)13-11-20-14(16-13)12-10-17(7-9-19-12)6-4-5-8-18/h11-12,18H,4-10H2,1-3H3. The number of aliphatic hydroxyl groups is 1. The minimum absolute atomic E-state index is 0.101. The van der Waals surface area contributed by atoms with E-state index in [1.54, 1.807) is 11.3 Å². The maximum Gasteiger partial charge on any atom is 0.123 e. The van der Waals surface area contributed by atoms with Crippen LogP contribution in [0, 0.1) is 0 Å². The quantitative estimate of drug-likeness (QED) is 0.849. The molecule has 1 atom stereocenters. The summed E-state index contributed by atoms with van der Waals surface area (Å²) in [6, 6.07) is 0. The molecule has 1 aromatic heterocycles. The van der Waals surface area contributed by atoms with Gasteiger partial charge in [0, 0.05) is 30.5 Å². The van der Waals surface area contributed by atoms with Crippen molar-refractivity contribution in [3.8, 4) is 0 Å². The van der Waals surface area contributed by atoms with Crippen LogP contribution in [-0.4, -0.2) is 47.8 Å². The van der Waals surface area contributed by atoms with E-state index < -0.39 is 0 Å². The van der Waals surface area contributed by atoms with Gasteiger partial charge in [-0.2, -0.15) is 0 Å². The minimum Gasteiger partial charge on any atom is -0.396 e. The summed E-state index contributed by atoms with van der Waals surface area (Å²) < 4.78 is 5.88. The molecule has 5 heteroatoms. The monoisotopic (exact) mass is 298 g/mol. The molecule has 1 unspecified atom stereocenters. The zero-order chi connectivity index (χ0) is 14.6. The third-order valence-electron chi connectivity index (χ3n) is 3.60. The summed E-state index contributed by atoms with van der Waals surface area (Å²) in [5, 5.41) is 12.1. The van der Waals surface area contributed by atoms with Gasteiger partial charge < -0.3 is 9.84 Å². The van der Waals surface area contributed by atoms with Crippen LogP contribution in [0.15, 0.2) is 5.38 Å². The van der Waals surface area contributed by atoms with Gasteiger partial charge in [-0.3, -0.25) is 4.90 Å². The fraction of sp³-hybridized carbons (Fsp3) is 0.800. The number of hydrogen-bond donors (Lipinski definition) is 1. The second-order valence-electron chi connectivity index (χ2n) is 6.41. The number of morpholine rings is 1. The zero-order valence-electron chi connectivity index (χ0n) is 12.8. The third-order valence-corrected chi connectivity index (χ3v) is 4.54. The summed E-state index contributed by atoms with van der Waals surface area (Å²) >= 11 is 1.71. The first kappa shape index (κ1) is 15.9. The number of thiazole rings is 1. The van der Waals surface area contributed by atoms with Crippen molar-refractivity contribution in [2.45, 2.75) is 45.1 Å². The van der Waals surface area contributed by atoms with Crippen LogP contribution in [0.1, 0.15) is 50.4 Å². The molecule has 1 aromatic rings. The fourth-order valence-corrected chi connectivity index (χ4v) is 3.37. The summed E-state index contributed by atoms with van der Waals surface area (Å²) in [4.78, 5) is 7.18. The summed E-state index contributed by atoms with van der Waals surface area (Å²) in [5.41, 5.74) is 1.25. The van der Waals surface area contributed by atoms with Crippen molar-refractivity contribution in [3.63, 3.8) is 0 Å². The Bertz CT molecular complexity index is 414. The van der Waals surface area contributed by atoms with E-state index in [2.05, 4.69) is 31.1 Å². The van der Waals surface area contributed by atoms with E-state index in [4.69, 9.17) is 14.8 Å². The van der Waals surface area contributed by atoms with Gasteiger partial charge >= 0.3 is 0 Å². The molecule has 2 rings (SSSR count). The Morgan fingerprint density at radius 2 is 2.25 bits per heavy atom. The highest BCUT2D eigenvalue weighted by molar-refractivity contribution is 7.09. The van der Waals surface area contributed by atoms with E-state index in [0.717, 1.165) is 49.8 Å². The number of ether oxygens (including phenoxy) is 1. The lowest BCUT2D eigenvalue weighted by Crippen LogP contribution is -2.38. The fourth-order valence-electron chi connectivity index (χ4n) is 2.28. The molecule has 0 amide bonds.